The SMILES string of the molecule is Cc1c[nH]c(=O)n1-c1ccccc1-c1cc(C(=O)O)on1. The van der Waals surface area contributed by atoms with E-state index in [1.54, 1.807) is 37.4 Å². The molecule has 2 heterocycles. The van der Waals surface area contributed by atoms with Gasteiger partial charge in [0.05, 0.1) is 5.69 Å². The van der Waals surface area contributed by atoms with E-state index in [0.717, 1.165) is 5.69 Å². The zero-order chi connectivity index (χ0) is 15.0. The highest BCUT2D eigenvalue weighted by molar-refractivity contribution is 5.86. The van der Waals surface area contributed by atoms with Crippen LogP contribution in [0.2, 0.25) is 0 Å². The van der Waals surface area contributed by atoms with E-state index in [2.05, 4.69) is 10.1 Å². The fraction of sp³-hybridized carbons (Fsp3) is 0.0714. The molecule has 2 aromatic heterocycles. The Morgan fingerprint density at radius 1 is 1.38 bits per heavy atom. The Morgan fingerprint density at radius 3 is 2.76 bits per heavy atom. The Morgan fingerprint density at radius 2 is 2.14 bits per heavy atom. The summed E-state index contributed by atoms with van der Waals surface area (Å²) in [6, 6.07) is 8.40. The lowest BCUT2D eigenvalue weighted by atomic mass is 10.1. The van der Waals surface area contributed by atoms with Crippen LogP contribution in [0.5, 0.6) is 0 Å². The number of para-hydroxylation sites is 1. The molecule has 0 amide bonds. The van der Waals surface area contributed by atoms with E-state index in [1.807, 2.05) is 0 Å². The van der Waals surface area contributed by atoms with Gasteiger partial charge in [0, 0.05) is 23.5 Å². The maximum Gasteiger partial charge on any atom is 0.374 e. The quantitative estimate of drug-likeness (QED) is 0.764. The summed E-state index contributed by atoms with van der Waals surface area (Å²) in [4.78, 5) is 25.4. The molecule has 0 bridgehead atoms. The van der Waals surface area contributed by atoms with Crippen molar-refractivity contribution in [3.63, 3.8) is 0 Å². The third-order valence-corrected chi connectivity index (χ3v) is 3.10. The van der Waals surface area contributed by atoms with Crippen LogP contribution >= 0.6 is 0 Å². The van der Waals surface area contributed by atoms with Crippen molar-refractivity contribution >= 4 is 5.97 Å². The number of aromatic carboxylic acids is 1. The fourth-order valence-corrected chi connectivity index (χ4v) is 2.14. The van der Waals surface area contributed by atoms with Crippen molar-refractivity contribution < 1.29 is 14.4 Å². The third-order valence-electron chi connectivity index (χ3n) is 3.10. The third kappa shape index (κ3) is 2.14. The first-order chi connectivity index (χ1) is 10.1. The first kappa shape index (κ1) is 12.9. The largest absolute Gasteiger partial charge is 0.475 e. The molecule has 106 valence electrons. The minimum atomic E-state index is -1.19. The normalized spacial score (nSPS) is 10.7. The summed E-state index contributed by atoms with van der Waals surface area (Å²) in [7, 11) is 0. The van der Waals surface area contributed by atoms with Crippen LogP contribution in [0, 0.1) is 6.92 Å². The molecule has 7 nitrogen and oxygen atoms in total. The van der Waals surface area contributed by atoms with Crippen LogP contribution in [-0.4, -0.2) is 25.8 Å². The average molecular weight is 285 g/mol. The van der Waals surface area contributed by atoms with Gasteiger partial charge in [0.15, 0.2) is 0 Å². The average Bonchev–Trinajstić information content (AvgIpc) is 3.07. The second-order valence-electron chi connectivity index (χ2n) is 4.47. The molecule has 0 fully saturated rings. The Labute approximate surface area is 118 Å². The van der Waals surface area contributed by atoms with Crippen molar-refractivity contribution in [1.82, 2.24) is 14.7 Å². The van der Waals surface area contributed by atoms with Gasteiger partial charge in [-0.05, 0) is 13.0 Å². The van der Waals surface area contributed by atoms with E-state index in [1.165, 1.54) is 10.6 Å². The minimum Gasteiger partial charge on any atom is -0.475 e. The molecule has 0 radical (unpaired) electrons. The number of carboxylic acids is 1. The Hall–Kier alpha value is -3.09. The number of aryl methyl sites for hydroxylation is 1. The molecule has 3 rings (SSSR count). The van der Waals surface area contributed by atoms with Crippen molar-refractivity contribution in [2.24, 2.45) is 0 Å². The Bertz CT molecular complexity index is 872. The number of hydrogen-bond donors (Lipinski definition) is 2. The number of nitrogens with zero attached hydrogens (tertiary/aromatic N) is 2. The van der Waals surface area contributed by atoms with Crippen LogP contribution in [0.1, 0.15) is 16.2 Å². The van der Waals surface area contributed by atoms with Crippen molar-refractivity contribution in [3.05, 3.63) is 58.5 Å². The first-order valence-electron chi connectivity index (χ1n) is 6.15. The van der Waals surface area contributed by atoms with Gasteiger partial charge in [-0.1, -0.05) is 23.4 Å². The van der Waals surface area contributed by atoms with E-state index in [-0.39, 0.29) is 11.4 Å². The number of carboxylic acid groups (broad SMARTS) is 1. The lowest BCUT2D eigenvalue weighted by Gasteiger charge is -2.08. The lowest BCUT2D eigenvalue weighted by molar-refractivity contribution is 0.0652. The van der Waals surface area contributed by atoms with Gasteiger partial charge >= 0.3 is 11.7 Å². The molecule has 0 saturated carbocycles. The summed E-state index contributed by atoms with van der Waals surface area (Å²) in [6.07, 6.45) is 1.60. The molecule has 0 atom stereocenters. The zero-order valence-electron chi connectivity index (χ0n) is 11.0. The highest BCUT2D eigenvalue weighted by atomic mass is 16.5. The standard InChI is InChI=1S/C14H11N3O4/c1-8-7-15-14(20)17(8)11-5-3-2-4-9(11)10-6-12(13(18)19)21-16-10/h2-7H,1H3,(H,15,20)(H,18,19). The van der Waals surface area contributed by atoms with Gasteiger partial charge in [-0.3, -0.25) is 4.57 Å². The number of aromatic nitrogens is 3. The molecule has 7 heteroatoms. The number of benzene rings is 1. The molecule has 0 aliphatic carbocycles. The molecule has 1 aromatic carbocycles. The van der Waals surface area contributed by atoms with Crippen molar-refractivity contribution in [3.8, 4) is 16.9 Å². The first-order valence-corrected chi connectivity index (χ1v) is 6.15. The van der Waals surface area contributed by atoms with Gasteiger partial charge in [-0.2, -0.15) is 0 Å². The summed E-state index contributed by atoms with van der Waals surface area (Å²) < 4.78 is 6.26. The van der Waals surface area contributed by atoms with Crippen molar-refractivity contribution in [1.29, 1.82) is 0 Å². The number of nitrogens with one attached hydrogen (secondary N) is 1. The molecule has 0 saturated heterocycles. The number of imidazole rings is 1. The molecule has 2 N–H and O–H groups in total. The van der Waals surface area contributed by atoms with E-state index in [4.69, 9.17) is 9.63 Å². The smallest absolute Gasteiger partial charge is 0.374 e. The number of carbonyl (C=O) groups is 1. The number of rotatable bonds is 3. The van der Waals surface area contributed by atoms with E-state index < -0.39 is 5.97 Å². The Kier molecular flexibility index (Phi) is 2.94. The summed E-state index contributed by atoms with van der Waals surface area (Å²) in [5, 5.41) is 12.6. The van der Waals surface area contributed by atoms with E-state index in [9.17, 15) is 9.59 Å². The van der Waals surface area contributed by atoms with Gasteiger partial charge < -0.3 is 14.6 Å². The summed E-state index contributed by atoms with van der Waals surface area (Å²) in [5.41, 5.74) is 2.02. The number of hydrogen-bond acceptors (Lipinski definition) is 4. The second-order valence-corrected chi connectivity index (χ2v) is 4.47. The molecular formula is C14H11N3O4. The van der Waals surface area contributed by atoms with Crippen molar-refractivity contribution in [2.75, 3.05) is 0 Å². The summed E-state index contributed by atoms with van der Waals surface area (Å²) in [5.74, 6) is -1.45. The van der Waals surface area contributed by atoms with Gasteiger partial charge in [0.25, 0.3) is 0 Å². The summed E-state index contributed by atoms with van der Waals surface area (Å²) in [6.45, 7) is 1.79. The lowest BCUT2D eigenvalue weighted by Crippen LogP contribution is -2.16. The molecule has 0 unspecified atom stereocenters. The predicted octanol–water partition coefficient (Wildman–Crippen LogP) is 1.83. The highest BCUT2D eigenvalue weighted by Gasteiger charge is 2.16. The van der Waals surface area contributed by atoms with Crippen LogP contribution in [-0.2, 0) is 0 Å². The van der Waals surface area contributed by atoms with Crippen LogP contribution in [0.4, 0.5) is 0 Å². The molecule has 0 aliphatic rings. The van der Waals surface area contributed by atoms with Gasteiger partial charge in [0.2, 0.25) is 5.76 Å². The van der Waals surface area contributed by atoms with Crippen molar-refractivity contribution in [2.45, 2.75) is 6.92 Å². The molecule has 21 heavy (non-hydrogen) atoms. The molecule has 0 aliphatic heterocycles. The fourth-order valence-electron chi connectivity index (χ4n) is 2.14. The molecular weight excluding hydrogens is 274 g/mol. The monoisotopic (exact) mass is 285 g/mol. The predicted molar refractivity (Wildman–Crippen MR) is 73.6 cm³/mol. The number of aromatic amines is 1. The molecule has 0 spiro atoms. The van der Waals surface area contributed by atoms with Crippen LogP contribution in [0.3, 0.4) is 0 Å². The van der Waals surface area contributed by atoms with Gasteiger partial charge in [-0.15, -0.1) is 0 Å². The zero-order valence-corrected chi connectivity index (χ0v) is 11.0. The van der Waals surface area contributed by atoms with E-state index >= 15 is 0 Å². The number of H-pyrrole nitrogens is 1. The van der Waals surface area contributed by atoms with E-state index in [0.29, 0.717) is 16.9 Å². The van der Waals surface area contributed by atoms with Gasteiger partial charge in [-0.25, -0.2) is 9.59 Å². The maximum absolute atomic E-state index is 11.9. The Balaban J connectivity index is 2.20. The topological polar surface area (TPSA) is 101 Å². The summed E-state index contributed by atoms with van der Waals surface area (Å²) >= 11 is 0. The minimum absolute atomic E-state index is 0.252. The molecule has 3 aromatic rings. The second kappa shape index (κ2) is 4.78. The van der Waals surface area contributed by atoms with Crippen LogP contribution in [0.15, 0.2) is 45.8 Å². The maximum atomic E-state index is 11.9. The van der Waals surface area contributed by atoms with Gasteiger partial charge in [0.1, 0.15) is 5.69 Å². The van der Waals surface area contributed by atoms with Crippen LogP contribution in [0.25, 0.3) is 16.9 Å². The van der Waals surface area contributed by atoms with Crippen LogP contribution < -0.4 is 5.69 Å². The highest BCUT2D eigenvalue weighted by Crippen LogP contribution is 2.26.